The van der Waals surface area contributed by atoms with Crippen molar-refractivity contribution < 1.29 is 24.8 Å². The number of aliphatic hydroxyl groups is 3. The van der Waals surface area contributed by atoms with Crippen molar-refractivity contribution in [3.8, 4) is 0 Å². The number of unbranched alkanes of at least 4 members (excludes halogenated alkanes) is 9. The molecule has 1 aliphatic heterocycles. The minimum absolute atomic E-state index is 0.0529. The van der Waals surface area contributed by atoms with Crippen LogP contribution in [0.1, 0.15) is 71.1 Å². The third kappa shape index (κ3) is 9.02. The summed E-state index contributed by atoms with van der Waals surface area (Å²) in [6, 6.07) is 0. The Balaban J connectivity index is 1.89. The second-order valence-electron chi connectivity index (χ2n) is 6.75. The smallest absolute Gasteiger partial charge is 0.117 e. The maximum absolute atomic E-state index is 9.86. The highest BCUT2D eigenvalue weighted by Crippen LogP contribution is 2.17. The zero-order chi connectivity index (χ0) is 17.6. The molecule has 0 aliphatic carbocycles. The van der Waals surface area contributed by atoms with E-state index in [1.54, 1.807) is 6.26 Å². The first-order valence-corrected chi connectivity index (χ1v) is 9.59. The van der Waals surface area contributed by atoms with Gasteiger partial charge >= 0.3 is 0 Å². The van der Waals surface area contributed by atoms with Gasteiger partial charge in [0.15, 0.2) is 0 Å². The van der Waals surface area contributed by atoms with Gasteiger partial charge in [-0.15, -0.1) is 0 Å². The van der Waals surface area contributed by atoms with Crippen LogP contribution in [0.15, 0.2) is 12.3 Å². The molecule has 1 saturated heterocycles. The molecule has 24 heavy (non-hydrogen) atoms. The third-order valence-electron chi connectivity index (χ3n) is 4.50. The number of aliphatic hydroxyl groups excluding tert-OH is 3. The summed E-state index contributed by atoms with van der Waals surface area (Å²) in [6.07, 6.45) is 12.7. The second-order valence-corrected chi connectivity index (χ2v) is 6.75. The van der Waals surface area contributed by atoms with Crippen LogP contribution in [-0.2, 0) is 9.47 Å². The van der Waals surface area contributed by atoms with Crippen LogP contribution in [0.25, 0.3) is 0 Å². The molecule has 0 radical (unpaired) electrons. The van der Waals surface area contributed by atoms with E-state index in [-0.39, 0.29) is 13.2 Å². The number of hydrogen-bond acceptors (Lipinski definition) is 5. The monoisotopic (exact) mass is 344 g/mol. The molecule has 142 valence electrons. The Morgan fingerprint density at radius 1 is 1.04 bits per heavy atom. The summed E-state index contributed by atoms with van der Waals surface area (Å²) in [6.45, 7) is 2.36. The number of ether oxygens (including phenoxy) is 2. The summed E-state index contributed by atoms with van der Waals surface area (Å²) in [5.41, 5.74) is 0. The van der Waals surface area contributed by atoms with Gasteiger partial charge in [-0.3, -0.25) is 0 Å². The van der Waals surface area contributed by atoms with Crippen LogP contribution in [0.5, 0.6) is 0 Å². The molecule has 0 spiro atoms. The van der Waals surface area contributed by atoms with Crippen LogP contribution in [-0.4, -0.2) is 52.9 Å². The van der Waals surface area contributed by atoms with Crippen LogP contribution in [0, 0.1) is 0 Å². The summed E-state index contributed by atoms with van der Waals surface area (Å²) in [5.74, 6) is 0. The van der Waals surface area contributed by atoms with Crippen molar-refractivity contribution in [2.45, 2.75) is 95.5 Å². The zero-order valence-corrected chi connectivity index (χ0v) is 15.1. The van der Waals surface area contributed by atoms with Gasteiger partial charge in [-0.25, -0.2) is 0 Å². The summed E-state index contributed by atoms with van der Waals surface area (Å²) in [7, 11) is 0. The highest BCUT2D eigenvalue weighted by molar-refractivity contribution is 4.88. The number of hydrogen-bond donors (Lipinski definition) is 3. The molecule has 0 aromatic heterocycles. The van der Waals surface area contributed by atoms with E-state index in [0.717, 1.165) is 12.8 Å². The minimum Gasteiger partial charge on any atom is -0.499 e. The molecule has 5 nitrogen and oxygen atoms in total. The Bertz CT molecular complexity index is 321. The van der Waals surface area contributed by atoms with E-state index in [4.69, 9.17) is 9.47 Å². The summed E-state index contributed by atoms with van der Waals surface area (Å²) < 4.78 is 10.4. The molecule has 1 heterocycles. The first-order chi connectivity index (χ1) is 11.7. The van der Waals surface area contributed by atoms with Gasteiger partial charge in [-0.1, -0.05) is 58.3 Å². The Kier molecular flexibility index (Phi) is 12.2. The van der Waals surface area contributed by atoms with Gasteiger partial charge in [0.05, 0.1) is 12.9 Å². The first kappa shape index (κ1) is 21.4. The summed E-state index contributed by atoms with van der Waals surface area (Å²) >= 11 is 0. The van der Waals surface area contributed by atoms with Gasteiger partial charge in [-0.05, 0) is 18.9 Å². The molecule has 1 fully saturated rings. The van der Waals surface area contributed by atoms with Crippen LogP contribution >= 0.6 is 0 Å². The molecule has 1 aliphatic rings. The van der Waals surface area contributed by atoms with Crippen molar-refractivity contribution >= 4 is 0 Å². The lowest BCUT2D eigenvalue weighted by Gasteiger charge is -2.20. The van der Waals surface area contributed by atoms with E-state index >= 15 is 0 Å². The predicted molar refractivity (Wildman–Crippen MR) is 94.7 cm³/mol. The van der Waals surface area contributed by atoms with Crippen molar-refractivity contribution in [1.82, 2.24) is 0 Å². The minimum atomic E-state index is -1.05. The maximum Gasteiger partial charge on any atom is 0.117 e. The van der Waals surface area contributed by atoms with Gasteiger partial charge < -0.3 is 24.8 Å². The Hall–Kier alpha value is -0.620. The van der Waals surface area contributed by atoms with Crippen molar-refractivity contribution in [1.29, 1.82) is 0 Å². The van der Waals surface area contributed by atoms with Crippen LogP contribution < -0.4 is 0 Å². The van der Waals surface area contributed by atoms with Crippen molar-refractivity contribution in [3.05, 3.63) is 12.3 Å². The van der Waals surface area contributed by atoms with Gasteiger partial charge in [0, 0.05) is 0 Å². The van der Waals surface area contributed by atoms with Crippen LogP contribution in [0.2, 0.25) is 0 Å². The number of allylic oxidation sites excluding steroid dienone is 1. The molecule has 0 bridgehead atoms. The van der Waals surface area contributed by atoms with Crippen molar-refractivity contribution in [2.75, 3.05) is 13.2 Å². The average Bonchev–Trinajstić information content (AvgIpc) is 2.91. The first-order valence-electron chi connectivity index (χ1n) is 9.59. The highest BCUT2D eigenvalue weighted by atomic mass is 16.5. The maximum atomic E-state index is 9.86. The molecule has 4 atom stereocenters. The van der Waals surface area contributed by atoms with E-state index in [1.165, 1.54) is 51.4 Å². The molecule has 0 amide bonds. The fraction of sp³-hybridized carbons (Fsp3) is 0.895. The Morgan fingerprint density at radius 2 is 1.67 bits per heavy atom. The predicted octanol–water partition coefficient (Wildman–Crippen LogP) is 2.92. The second kappa shape index (κ2) is 13.6. The van der Waals surface area contributed by atoms with Crippen LogP contribution in [0.4, 0.5) is 0 Å². The van der Waals surface area contributed by atoms with E-state index in [0.29, 0.717) is 0 Å². The van der Waals surface area contributed by atoms with Crippen LogP contribution in [0.3, 0.4) is 0 Å². The summed E-state index contributed by atoms with van der Waals surface area (Å²) in [4.78, 5) is 0. The molecule has 0 aromatic rings. The number of rotatable bonds is 14. The standard InChI is InChI=1S/C19H36O5/c1-2-3-4-5-6-7-8-9-10-11-12-13-23-14-17(21)19-18(22)16(20)15-24-19/h12-13,16-22H,2-11,14-15H2,1H3/b13-12+/t16-,17+,18+,19+/m1/s1. The quantitative estimate of drug-likeness (QED) is 0.333. The van der Waals surface area contributed by atoms with Crippen molar-refractivity contribution in [3.63, 3.8) is 0 Å². The van der Waals surface area contributed by atoms with E-state index in [9.17, 15) is 15.3 Å². The average molecular weight is 344 g/mol. The molecular formula is C19H36O5. The molecule has 3 N–H and O–H groups in total. The molecule has 0 unspecified atom stereocenters. The Morgan fingerprint density at radius 3 is 2.25 bits per heavy atom. The molecule has 5 heteroatoms. The van der Waals surface area contributed by atoms with Crippen molar-refractivity contribution in [2.24, 2.45) is 0 Å². The molecule has 1 rings (SSSR count). The SMILES string of the molecule is CCCCCCCCCCC/C=C/OC[C@H](O)[C@@H]1OC[C@@H](O)[C@@H]1O. The van der Waals surface area contributed by atoms with Gasteiger partial charge in [0.2, 0.25) is 0 Å². The molecule has 0 saturated carbocycles. The van der Waals surface area contributed by atoms with Gasteiger partial charge in [0.25, 0.3) is 0 Å². The zero-order valence-electron chi connectivity index (χ0n) is 15.1. The largest absolute Gasteiger partial charge is 0.499 e. The van der Waals surface area contributed by atoms with E-state index in [2.05, 4.69) is 6.92 Å². The molecular weight excluding hydrogens is 308 g/mol. The van der Waals surface area contributed by atoms with E-state index in [1.807, 2.05) is 6.08 Å². The highest BCUT2D eigenvalue weighted by Gasteiger charge is 2.39. The normalized spacial score (nSPS) is 25.4. The van der Waals surface area contributed by atoms with E-state index < -0.39 is 24.4 Å². The third-order valence-corrected chi connectivity index (χ3v) is 4.50. The fourth-order valence-corrected chi connectivity index (χ4v) is 2.92. The topological polar surface area (TPSA) is 79.2 Å². The lowest BCUT2D eigenvalue weighted by atomic mass is 10.1. The van der Waals surface area contributed by atoms with Gasteiger partial charge in [0.1, 0.15) is 31.0 Å². The Labute approximate surface area is 146 Å². The molecule has 0 aromatic carbocycles. The lowest BCUT2D eigenvalue weighted by Crippen LogP contribution is -2.40. The van der Waals surface area contributed by atoms with Gasteiger partial charge in [-0.2, -0.15) is 0 Å². The summed E-state index contributed by atoms with van der Waals surface area (Å²) in [5, 5.41) is 28.8. The fourth-order valence-electron chi connectivity index (χ4n) is 2.92. The lowest BCUT2D eigenvalue weighted by molar-refractivity contribution is -0.0703.